The molecule has 0 saturated heterocycles. The Kier molecular flexibility index (Phi) is 3.59. The van der Waals surface area contributed by atoms with Gasteiger partial charge in [-0.15, -0.1) is 0 Å². The second-order valence-electron chi connectivity index (χ2n) is 4.09. The van der Waals surface area contributed by atoms with Crippen molar-refractivity contribution in [1.82, 2.24) is 0 Å². The van der Waals surface area contributed by atoms with Crippen molar-refractivity contribution in [1.29, 1.82) is 0 Å². The molecular weight excluding hydrogens is 216 g/mol. The van der Waals surface area contributed by atoms with Crippen LogP contribution in [0, 0.1) is 6.92 Å². The fourth-order valence-electron chi connectivity index (χ4n) is 1.84. The number of esters is 1. The van der Waals surface area contributed by atoms with Crippen molar-refractivity contribution in [3.63, 3.8) is 0 Å². The molecule has 1 aliphatic rings. The summed E-state index contributed by atoms with van der Waals surface area (Å²) in [5.74, 6) is -0.291. The summed E-state index contributed by atoms with van der Waals surface area (Å²) < 4.78 is 10.5. The molecule has 3 nitrogen and oxygen atoms in total. The first-order valence-electron chi connectivity index (χ1n) is 5.75. The van der Waals surface area contributed by atoms with Gasteiger partial charge < -0.3 is 9.47 Å². The van der Waals surface area contributed by atoms with Crippen LogP contribution in [0.5, 0.6) is 0 Å². The zero-order valence-electron chi connectivity index (χ0n) is 10.2. The molecule has 0 unspecified atom stereocenters. The Morgan fingerprint density at radius 2 is 2.24 bits per heavy atom. The highest BCUT2D eigenvalue weighted by Crippen LogP contribution is 2.20. The number of aryl methyl sites for hydroxylation is 1. The maximum Gasteiger partial charge on any atom is 0.336 e. The molecule has 0 bridgehead atoms. The normalized spacial score (nSPS) is 14.6. The SMILES string of the molecule is CCOC(=O)C1=Cc2ccc(C)cc2COC1. The van der Waals surface area contributed by atoms with Gasteiger partial charge >= 0.3 is 5.97 Å². The lowest BCUT2D eigenvalue weighted by molar-refractivity contribution is -0.139. The second kappa shape index (κ2) is 5.15. The van der Waals surface area contributed by atoms with E-state index in [0.717, 1.165) is 11.1 Å². The van der Waals surface area contributed by atoms with Gasteiger partial charge in [0, 0.05) is 0 Å². The Bertz CT molecular complexity index is 461. The van der Waals surface area contributed by atoms with E-state index in [1.807, 2.05) is 25.1 Å². The van der Waals surface area contributed by atoms with E-state index >= 15 is 0 Å². The number of rotatable bonds is 2. The Labute approximate surface area is 101 Å². The van der Waals surface area contributed by atoms with Crippen LogP contribution >= 0.6 is 0 Å². The van der Waals surface area contributed by atoms with Crippen molar-refractivity contribution >= 4 is 12.0 Å². The lowest BCUT2D eigenvalue weighted by Gasteiger charge is -2.04. The summed E-state index contributed by atoms with van der Waals surface area (Å²) in [4.78, 5) is 11.7. The number of hydrogen-bond acceptors (Lipinski definition) is 3. The van der Waals surface area contributed by atoms with Crippen LogP contribution in [-0.4, -0.2) is 19.2 Å². The van der Waals surface area contributed by atoms with Crippen LogP contribution in [0.3, 0.4) is 0 Å². The van der Waals surface area contributed by atoms with E-state index in [1.165, 1.54) is 5.56 Å². The molecule has 0 aliphatic carbocycles. The highest BCUT2D eigenvalue weighted by atomic mass is 16.5. The van der Waals surface area contributed by atoms with Crippen LogP contribution < -0.4 is 0 Å². The molecule has 90 valence electrons. The molecule has 3 heteroatoms. The molecule has 0 fully saturated rings. The Hall–Kier alpha value is -1.61. The van der Waals surface area contributed by atoms with Gasteiger partial charge in [0.05, 0.1) is 25.4 Å². The highest BCUT2D eigenvalue weighted by molar-refractivity contribution is 5.94. The fraction of sp³-hybridized carbons (Fsp3) is 0.357. The van der Waals surface area contributed by atoms with Crippen LogP contribution in [0.2, 0.25) is 0 Å². The molecule has 2 rings (SSSR count). The largest absolute Gasteiger partial charge is 0.463 e. The minimum absolute atomic E-state index is 0.291. The van der Waals surface area contributed by atoms with E-state index < -0.39 is 0 Å². The number of ether oxygens (including phenoxy) is 2. The smallest absolute Gasteiger partial charge is 0.336 e. The first-order chi connectivity index (χ1) is 8.20. The van der Waals surface area contributed by atoms with Gasteiger partial charge in [0.25, 0.3) is 0 Å². The molecular formula is C14H16O3. The van der Waals surface area contributed by atoms with Crippen molar-refractivity contribution in [3.05, 3.63) is 40.5 Å². The second-order valence-corrected chi connectivity index (χ2v) is 4.09. The molecule has 1 aliphatic heterocycles. The highest BCUT2D eigenvalue weighted by Gasteiger charge is 2.15. The van der Waals surface area contributed by atoms with Crippen LogP contribution in [0.25, 0.3) is 6.08 Å². The van der Waals surface area contributed by atoms with Crippen LogP contribution in [0.1, 0.15) is 23.6 Å². The zero-order valence-corrected chi connectivity index (χ0v) is 10.2. The third-order valence-corrected chi connectivity index (χ3v) is 2.68. The molecule has 0 radical (unpaired) electrons. The molecule has 0 saturated carbocycles. The lowest BCUT2D eigenvalue weighted by atomic mass is 10.0. The van der Waals surface area contributed by atoms with E-state index in [0.29, 0.717) is 25.4 Å². The van der Waals surface area contributed by atoms with Gasteiger partial charge in [-0.3, -0.25) is 0 Å². The van der Waals surface area contributed by atoms with Gasteiger partial charge in [-0.05, 0) is 31.1 Å². The van der Waals surface area contributed by atoms with Gasteiger partial charge in [0.2, 0.25) is 0 Å². The molecule has 0 aromatic heterocycles. The van der Waals surface area contributed by atoms with Crippen molar-refractivity contribution < 1.29 is 14.3 Å². The van der Waals surface area contributed by atoms with Gasteiger partial charge in [-0.25, -0.2) is 4.79 Å². The summed E-state index contributed by atoms with van der Waals surface area (Å²) in [5, 5.41) is 0. The molecule has 17 heavy (non-hydrogen) atoms. The lowest BCUT2D eigenvalue weighted by Crippen LogP contribution is -2.11. The summed E-state index contributed by atoms with van der Waals surface area (Å²) in [7, 11) is 0. The third-order valence-electron chi connectivity index (χ3n) is 2.68. The predicted molar refractivity (Wildman–Crippen MR) is 65.4 cm³/mol. The summed E-state index contributed by atoms with van der Waals surface area (Å²) in [6, 6.07) is 6.13. The molecule has 1 heterocycles. The number of carbonyl (C=O) groups excluding carboxylic acids is 1. The standard InChI is InChI=1S/C14H16O3/c1-3-17-14(15)13-7-11-5-4-10(2)6-12(11)8-16-9-13/h4-7H,3,8-9H2,1-2H3. The maximum atomic E-state index is 11.7. The zero-order chi connectivity index (χ0) is 12.3. The Balaban J connectivity index is 2.32. The Morgan fingerprint density at radius 3 is 3.00 bits per heavy atom. The number of hydrogen-bond donors (Lipinski definition) is 0. The summed E-state index contributed by atoms with van der Waals surface area (Å²) in [6.45, 7) is 5.08. The van der Waals surface area contributed by atoms with Gasteiger partial charge in [-0.2, -0.15) is 0 Å². The molecule has 0 spiro atoms. The van der Waals surface area contributed by atoms with E-state index in [1.54, 1.807) is 6.92 Å². The summed E-state index contributed by atoms with van der Waals surface area (Å²) in [5.41, 5.74) is 3.93. The first kappa shape index (κ1) is 11.9. The number of carbonyl (C=O) groups is 1. The quantitative estimate of drug-likeness (QED) is 0.735. The monoisotopic (exact) mass is 232 g/mol. The average molecular weight is 232 g/mol. The number of benzene rings is 1. The molecule has 0 atom stereocenters. The van der Waals surface area contributed by atoms with Gasteiger partial charge in [0.1, 0.15) is 0 Å². The maximum absolute atomic E-state index is 11.7. The van der Waals surface area contributed by atoms with Gasteiger partial charge in [0.15, 0.2) is 0 Å². The van der Waals surface area contributed by atoms with Crippen molar-refractivity contribution in [2.45, 2.75) is 20.5 Å². The predicted octanol–water partition coefficient (Wildman–Crippen LogP) is 2.47. The Morgan fingerprint density at radius 1 is 1.41 bits per heavy atom. The topological polar surface area (TPSA) is 35.5 Å². The van der Waals surface area contributed by atoms with E-state index in [9.17, 15) is 4.79 Å². The average Bonchev–Trinajstić information content (AvgIpc) is 2.51. The molecule has 1 aromatic rings. The third kappa shape index (κ3) is 2.74. The van der Waals surface area contributed by atoms with Crippen molar-refractivity contribution in [2.75, 3.05) is 13.2 Å². The molecule has 0 N–H and O–H groups in total. The van der Waals surface area contributed by atoms with Crippen LogP contribution in [-0.2, 0) is 20.9 Å². The summed E-state index contributed by atoms with van der Waals surface area (Å²) >= 11 is 0. The fourth-order valence-corrected chi connectivity index (χ4v) is 1.84. The van der Waals surface area contributed by atoms with Crippen LogP contribution in [0.4, 0.5) is 0 Å². The van der Waals surface area contributed by atoms with Crippen molar-refractivity contribution in [3.8, 4) is 0 Å². The van der Waals surface area contributed by atoms with Crippen LogP contribution in [0.15, 0.2) is 23.8 Å². The van der Waals surface area contributed by atoms with E-state index in [4.69, 9.17) is 9.47 Å². The minimum Gasteiger partial charge on any atom is -0.463 e. The molecule has 1 aromatic carbocycles. The van der Waals surface area contributed by atoms with Gasteiger partial charge in [-0.1, -0.05) is 23.8 Å². The first-order valence-corrected chi connectivity index (χ1v) is 5.75. The number of fused-ring (bicyclic) bond motifs is 1. The van der Waals surface area contributed by atoms with E-state index in [2.05, 4.69) is 6.07 Å². The summed E-state index contributed by atoms with van der Waals surface area (Å²) in [6.07, 6.45) is 1.86. The van der Waals surface area contributed by atoms with E-state index in [-0.39, 0.29) is 5.97 Å². The minimum atomic E-state index is -0.291. The molecule has 0 amide bonds. The van der Waals surface area contributed by atoms with Crippen molar-refractivity contribution in [2.24, 2.45) is 0 Å².